The molecule has 4 heteroatoms. The fourth-order valence-corrected chi connectivity index (χ4v) is 7.37. The molecule has 0 saturated heterocycles. The van der Waals surface area contributed by atoms with Gasteiger partial charge in [-0.05, 0) is 12.8 Å². The number of likely N-dealkylation sites (N-methyl/N-ethyl adjacent to an activating group) is 1. The van der Waals surface area contributed by atoms with E-state index in [2.05, 4.69) is 33.1 Å². The zero-order chi connectivity index (χ0) is 32.7. The van der Waals surface area contributed by atoms with Crippen LogP contribution in [0.4, 0.5) is 0 Å². The van der Waals surface area contributed by atoms with Crippen molar-refractivity contribution in [3.63, 3.8) is 0 Å². The van der Waals surface area contributed by atoms with Gasteiger partial charge in [0.2, 0.25) is 11.7 Å². The van der Waals surface area contributed by atoms with Crippen molar-refractivity contribution in [3.8, 4) is 0 Å². The van der Waals surface area contributed by atoms with Crippen LogP contribution in [0, 0.1) is 5.92 Å². The highest BCUT2D eigenvalue weighted by Crippen LogP contribution is 2.23. The van der Waals surface area contributed by atoms with E-state index in [1.165, 1.54) is 186 Å². The molecule has 0 bridgehead atoms. The predicted octanol–water partition coefficient (Wildman–Crippen LogP) is 12.3. The van der Waals surface area contributed by atoms with Gasteiger partial charge in [-0.1, -0.05) is 194 Å². The minimum absolute atomic E-state index is 0.244. The van der Waals surface area contributed by atoms with Gasteiger partial charge in [-0.25, -0.2) is 4.99 Å². The van der Waals surface area contributed by atoms with E-state index in [0.29, 0.717) is 12.3 Å². The number of hydrogen-bond acceptors (Lipinski definition) is 2. The predicted molar refractivity (Wildman–Crippen MR) is 200 cm³/mol. The maximum atomic E-state index is 12.5. The Hall–Kier alpha value is -0.900. The molecule has 0 aliphatic carbocycles. The molecule has 1 aliphatic heterocycles. The summed E-state index contributed by atoms with van der Waals surface area (Å²) in [5.74, 6) is 2.18. The van der Waals surface area contributed by atoms with Gasteiger partial charge in [0.15, 0.2) is 0 Å². The molecule has 45 heavy (non-hydrogen) atoms. The minimum atomic E-state index is 0.244. The van der Waals surface area contributed by atoms with Crippen LogP contribution in [-0.4, -0.2) is 49.5 Å². The summed E-state index contributed by atoms with van der Waals surface area (Å²) in [7, 11) is 2.34. The summed E-state index contributed by atoms with van der Waals surface area (Å²) in [5.41, 5.74) is 0. The zero-order valence-electron chi connectivity index (χ0n) is 31.4. The lowest BCUT2D eigenvalue weighted by molar-refractivity contribution is -0.815. The summed E-state index contributed by atoms with van der Waals surface area (Å²) in [5, 5.41) is 3.23. The quantitative estimate of drug-likeness (QED) is 0.0556. The topological polar surface area (TPSA) is 41.5 Å². The maximum absolute atomic E-state index is 12.5. The molecule has 4 nitrogen and oxygen atoms in total. The third kappa shape index (κ3) is 24.0. The van der Waals surface area contributed by atoms with Gasteiger partial charge < -0.3 is 5.32 Å². The van der Waals surface area contributed by atoms with Crippen molar-refractivity contribution in [1.82, 2.24) is 5.32 Å². The standard InChI is InChI=1S/C41H81N3O/c1-5-7-9-11-13-15-17-19-20-22-24-26-28-30-32-34-40(45)42-35-37-44(4)38-36-43-41(44)39(3)33-31-29-27-25-23-21-18-16-14-12-10-8-6-2/h39H,5-38H2,1-4H3/p+1. The van der Waals surface area contributed by atoms with Gasteiger partial charge in [0.05, 0.1) is 20.1 Å². The first kappa shape index (κ1) is 42.1. The van der Waals surface area contributed by atoms with Gasteiger partial charge in [0.1, 0.15) is 13.1 Å². The Kier molecular flexibility index (Phi) is 28.5. The molecule has 0 aromatic carbocycles. The van der Waals surface area contributed by atoms with Crippen molar-refractivity contribution in [3.05, 3.63) is 0 Å². The fourth-order valence-electron chi connectivity index (χ4n) is 7.37. The number of nitrogens with zero attached hydrogens (tertiary/aromatic N) is 2. The average molecular weight is 633 g/mol. The number of hydrogen-bond donors (Lipinski definition) is 1. The van der Waals surface area contributed by atoms with E-state index in [0.717, 1.165) is 37.1 Å². The van der Waals surface area contributed by atoms with Crippen molar-refractivity contribution in [1.29, 1.82) is 0 Å². The minimum Gasteiger partial charge on any atom is -0.350 e. The van der Waals surface area contributed by atoms with E-state index in [9.17, 15) is 4.79 Å². The Labute approximate surface area is 283 Å². The van der Waals surface area contributed by atoms with Gasteiger partial charge in [0.25, 0.3) is 0 Å². The normalized spacial score (nSPS) is 17.1. The molecule has 0 spiro atoms. The number of carbonyl (C=O) groups excluding carboxylic acids is 1. The lowest BCUT2D eigenvalue weighted by Crippen LogP contribution is -2.53. The van der Waals surface area contributed by atoms with Crippen LogP contribution in [0.3, 0.4) is 0 Å². The Bertz CT molecular complexity index is 692. The highest BCUT2D eigenvalue weighted by molar-refractivity contribution is 5.79. The molecule has 1 heterocycles. The Morgan fingerprint density at radius 1 is 0.622 bits per heavy atom. The number of quaternary nitrogens is 1. The molecule has 1 amide bonds. The Morgan fingerprint density at radius 3 is 1.42 bits per heavy atom. The highest BCUT2D eigenvalue weighted by Gasteiger charge is 2.36. The Balaban J connectivity index is 1.98. The summed E-state index contributed by atoms with van der Waals surface area (Å²) in [6.45, 7) is 10.8. The molecular formula is C41H82N3O+. The van der Waals surface area contributed by atoms with E-state index in [4.69, 9.17) is 4.99 Å². The largest absolute Gasteiger partial charge is 0.350 e. The van der Waals surface area contributed by atoms with Gasteiger partial charge >= 0.3 is 0 Å². The van der Waals surface area contributed by atoms with E-state index < -0.39 is 0 Å². The molecule has 2 atom stereocenters. The molecule has 1 N–H and O–H groups in total. The van der Waals surface area contributed by atoms with Crippen molar-refractivity contribution in [2.75, 3.05) is 33.2 Å². The van der Waals surface area contributed by atoms with E-state index >= 15 is 0 Å². The highest BCUT2D eigenvalue weighted by atomic mass is 16.1. The van der Waals surface area contributed by atoms with Crippen LogP contribution in [0.2, 0.25) is 0 Å². The van der Waals surface area contributed by atoms with Crippen LogP contribution in [-0.2, 0) is 4.79 Å². The lowest BCUT2D eigenvalue weighted by Gasteiger charge is -2.32. The summed E-state index contributed by atoms with van der Waals surface area (Å²) >= 11 is 0. The molecule has 2 unspecified atom stereocenters. The maximum Gasteiger partial charge on any atom is 0.220 e. The van der Waals surface area contributed by atoms with Crippen LogP contribution < -0.4 is 5.32 Å². The third-order valence-corrected chi connectivity index (χ3v) is 10.5. The second-order valence-electron chi connectivity index (χ2n) is 15.1. The van der Waals surface area contributed by atoms with Crippen molar-refractivity contribution in [2.24, 2.45) is 10.9 Å². The number of rotatable bonds is 34. The van der Waals surface area contributed by atoms with E-state index in [1.54, 1.807) is 0 Å². The fraction of sp³-hybridized carbons (Fsp3) is 0.951. The molecule has 0 aromatic heterocycles. The number of amides is 1. The molecule has 0 saturated carbocycles. The Morgan fingerprint density at radius 2 is 1.00 bits per heavy atom. The summed E-state index contributed by atoms with van der Waals surface area (Å²) < 4.78 is 0.929. The smallest absolute Gasteiger partial charge is 0.220 e. The van der Waals surface area contributed by atoms with E-state index in [-0.39, 0.29) is 5.91 Å². The lowest BCUT2D eigenvalue weighted by atomic mass is 9.99. The first-order chi connectivity index (χ1) is 22.0. The number of amidine groups is 1. The van der Waals surface area contributed by atoms with Crippen molar-refractivity contribution < 1.29 is 9.28 Å². The monoisotopic (exact) mass is 633 g/mol. The zero-order valence-corrected chi connectivity index (χ0v) is 31.4. The van der Waals surface area contributed by atoms with Gasteiger partial charge in [0, 0.05) is 12.3 Å². The molecule has 1 aliphatic rings. The molecule has 266 valence electrons. The van der Waals surface area contributed by atoms with E-state index in [1.807, 2.05) is 0 Å². The summed E-state index contributed by atoms with van der Waals surface area (Å²) in [4.78, 5) is 17.4. The third-order valence-electron chi connectivity index (χ3n) is 10.5. The molecule has 0 aromatic rings. The molecular weight excluding hydrogens is 550 g/mol. The first-order valence-electron chi connectivity index (χ1n) is 20.7. The van der Waals surface area contributed by atoms with Gasteiger partial charge in [-0.15, -0.1) is 0 Å². The van der Waals surface area contributed by atoms with Crippen LogP contribution in [0.1, 0.15) is 213 Å². The van der Waals surface area contributed by atoms with Crippen molar-refractivity contribution >= 4 is 11.7 Å². The molecule has 0 radical (unpaired) electrons. The van der Waals surface area contributed by atoms with Crippen LogP contribution >= 0.6 is 0 Å². The molecule has 0 fully saturated rings. The van der Waals surface area contributed by atoms with Crippen molar-refractivity contribution in [2.45, 2.75) is 213 Å². The van der Waals surface area contributed by atoms with Crippen LogP contribution in [0.25, 0.3) is 0 Å². The second kappa shape index (κ2) is 30.4. The number of carbonyl (C=O) groups is 1. The van der Waals surface area contributed by atoms with Crippen LogP contribution in [0.15, 0.2) is 4.99 Å². The van der Waals surface area contributed by atoms with Crippen LogP contribution in [0.5, 0.6) is 0 Å². The average Bonchev–Trinajstić information content (AvgIpc) is 3.42. The number of unbranched alkanes of at least 4 members (excludes halogenated alkanes) is 26. The number of nitrogens with one attached hydrogen (secondary N) is 1. The number of aliphatic imine (C=N–C) groups is 1. The molecule has 1 rings (SSSR count). The second-order valence-corrected chi connectivity index (χ2v) is 15.1. The first-order valence-corrected chi connectivity index (χ1v) is 20.7. The van der Waals surface area contributed by atoms with Gasteiger partial charge in [-0.2, -0.15) is 0 Å². The summed E-state index contributed by atoms with van der Waals surface area (Å²) in [6, 6.07) is 0. The van der Waals surface area contributed by atoms with Gasteiger partial charge in [-0.3, -0.25) is 9.28 Å². The summed E-state index contributed by atoms with van der Waals surface area (Å²) in [6.07, 6.45) is 40.8. The SMILES string of the molecule is CCCCCCCCCCCCCCCCCC(=O)NCC[N+]1(C)CCN=C1C(C)CCCCCCCCCCCCCCC.